The van der Waals surface area contributed by atoms with Gasteiger partial charge >= 0.3 is 0 Å². The highest BCUT2D eigenvalue weighted by Crippen LogP contribution is 2.34. The normalized spacial score (nSPS) is 11.6. The minimum atomic E-state index is 0.102. The Morgan fingerprint density at radius 1 is 0.500 bits per heavy atom. The van der Waals surface area contributed by atoms with Gasteiger partial charge in [0.2, 0.25) is 0 Å². The molecule has 0 radical (unpaired) electrons. The molecule has 0 atom stereocenters. The van der Waals surface area contributed by atoms with Crippen molar-refractivity contribution in [1.82, 2.24) is 4.57 Å². The second-order valence-corrected chi connectivity index (χ2v) is 9.64. The summed E-state index contributed by atoms with van der Waals surface area (Å²) in [5.74, 6) is 0. The van der Waals surface area contributed by atoms with Gasteiger partial charge in [0, 0.05) is 36.6 Å². The van der Waals surface area contributed by atoms with Crippen LogP contribution >= 0.6 is 11.3 Å². The van der Waals surface area contributed by atoms with Crippen LogP contribution in [0.4, 0.5) is 0 Å². The lowest BCUT2D eigenvalue weighted by Gasteiger charge is -2.11. The Bertz CT molecular complexity index is 1890. The van der Waals surface area contributed by atoms with Crippen molar-refractivity contribution in [2.75, 3.05) is 0 Å². The molecule has 0 aliphatic heterocycles. The summed E-state index contributed by atoms with van der Waals surface area (Å²) in [6.07, 6.45) is 0. The minimum absolute atomic E-state index is 0.102. The molecule has 34 heavy (non-hydrogen) atoms. The molecule has 2 heterocycles. The van der Waals surface area contributed by atoms with Crippen molar-refractivity contribution < 1.29 is 0 Å². The lowest BCUT2D eigenvalue weighted by molar-refractivity contribution is 1.18. The summed E-state index contributed by atoms with van der Waals surface area (Å²) in [7, 11) is 0. The third kappa shape index (κ3) is 2.84. The van der Waals surface area contributed by atoms with E-state index in [1.807, 2.05) is 30.3 Å². The van der Waals surface area contributed by atoms with Crippen LogP contribution in [0.3, 0.4) is 0 Å². The van der Waals surface area contributed by atoms with E-state index < -0.39 is 0 Å². The van der Waals surface area contributed by atoms with Gasteiger partial charge in [-0.25, -0.2) is 0 Å². The summed E-state index contributed by atoms with van der Waals surface area (Å²) in [5, 5.41) is 4.07. The van der Waals surface area contributed by atoms with Crippen LogP contribution in [0.25, 0.3) is 58.8 Å². The topological polar surface area (TPSA) is 22.0 Å². The van der Waals surface area contributed by atoms with Crippen LogP contribution in [-0.2, 0) is 0 Å². The molecular weight excluding hydrogens is 434 g/mol. The van der Waals surface area contributed by atoms with Gasteiger partial charge in [0.25, 0.3) is 0 Å². The van der Waals surface area contributed by atoms with Crippen LogP contribution < -0.4 is 5.43 Å². The Kier molecular flexibility index (Phi) is 4.20. The van der Waals surface area contributed by atoms with Crippen LogP contribution in [0.15, 0.2) is 120 Å². The molecule has 7 rings (SSSR count). The number of para-hydroxylation sites is 2. The first-order valence-corrected chi connectivity index (χ1v) is 12.1. The van der Waals surface area contributed by atoms with Gasteiger partial charge in [-0.3, -0.25) is 4.79 Å². The van der Waals surface area contributed by atoms with Crippen LogP contribution in [0, 0.1) is 0 Å². The van der Waals surface area contributed by atoms with Gasteiger partial charge in [0.1, 0.15) is 0 Å². The van der Waals surface area contributed by atoms with Gasteiger partial charge in [0.15, 0.2) is 5.43 Å². The molecule has 0 unspecified atom stereocenters. The van der Waals surface area contributed by atoms with E-state index in [0.717, 1.165) is 37.0 Å². The molecule has 0 saturated carbocycles. The van der Waals surface area contributed by atoms with Gasteiger partial charge in [-0.05, 0) is 59.7 Å². The first-order valence-electron chi connectivity index (χ1n) is 11.3. The fraction of sp³-hybridized carbons (Fsp3) is 0. The number of rotatable bonds is 2. The smallest absolute Gasteiger partial charge is 0.195 e. The molecule has 0 aliphatic rings. The van der Waals surface area contributed by atoms with Crippen LogP contribution in [-0.4, -0.2) is 4.57 Å². The molecule has 3 heteroatoms. The Hall–Kier alpha value is -4.21. The molecule has 5 aromatic carbocycles. The Labute approximate surface area is 200 Å². The average molecular weight is 454 g/mol. The lowest BCUT2D eigenvalue weighted by atomic mass is 10.0. The summed E-state index contributed by atoms with van der Waals surface area (Å²) in [6.45, 7) is 0. The molecule has 7 aromatic rings. The molecule has 0 amide bonds. The third-order valence-electron chi connectivity index (χ3n) is 6.59. The fourth-order valence-electron chi connectivity index (χ4n) is 5.01. The molecule has 160 valence electrons. The minimum Gasteiger partial charge on any atom is -0.309 e. The molecule has 0 aliphatic carbocycles. The Morgan fingerprint density at radius 3 is 1.88 bits per heavy atom. The standard InChI is InChI=1S/C31H19NOS/c33-31-25-12-3-6-15-29(25)34-30-17-16-21(19-26(30)31)20-8-7-9-22(18-20)32-27-13-4-1-10-23(27)24-11-2-5-14-28(24)32/h1-19H. The number of aromatic nitrogens is 1. The largest absolute Gasteiger partial charge is 0.309 e. The van der Waals surface area contributed by atoms with Gasteiger partial charge < -0.3 is 4.57 Å². The van der Waals surface area contributed by atoms with Crippen molar-refractivity contribution in [1.29, 1.82) is 0 Å². The molecule has 0 fully saturated rings. The summed E-state index contributed by atoms with van der Waals surface area (Å²) in [5.41, 5.74) is 5.74. The van der Waals surface area contributed by atoms with E-state index >= 15 is 0 Å². The summed E-state index contributed by atoms with van der Waals surface area (Å²) in [6, 6.07) is 39.8. The highest BCUT2D eigenvalue weighted by atomic mass is 32.1. The molecular formula is C31H19NOS. The number of benzene rings is 5. The highest BCUT2D eigenvalue weighted by molar-refractivity contribution is 7.24. The lowest BCUT2D eigenvalue weighted by Crippen LogP contribution is -2.01. The predicted molar refractivity (Wildman–Crippen MR) is 145 cm³/mol. The van der Waals surface area contributed by atoms with Crippen molar-refractivity contribution in [3.05, 3.63) is 125 Å². The van der Waals surface area contributed by atoms with Crippen molar-refractivity contribution in [2.45, 2.75) is 0 Å². The van der Waals surface area contributed by atoms with Crippen molar-refractivity contribution >= 4 is 53.3 Å². The maximum Gasteiger partial charge on any atom is 0.195 e. The van der Waals surface area contributed by atoms with Crippen molar-refractivity contribution in [3.63, 3.8) is 0 Å². The van der Waals surface area contributed by atoms with Gasteiger partial charge in [0.05, 0.1) is 11.0 Å². The quantitative estimate of drug-likeness (QED) is 0.242. The van der Waals surface area contributed by atoms with Crippen LogP contribution in [0.5, 0.6) is 0 Å². The fourth-order valence-corrected chi connectivity index (χ4v) is 6.06. The van der Waals surface area contributed by atoms with Crippen molar-refractivity contribution in [3.8, 4) is 16.8 Å². The summed E-state index contributed by atoms with van der Waals surface area (Å²) in [4.78, 5) is 13.2. The van der Waals surface area contributed by atoms with Crippen LogP contribution in [0.1, 0.15) is 0 Å². The van der Waals surface area contributed by atoms with E-state index in [1.54, 1.807) is 11.3 Å². The van der Waals surface area contributed by atoms with E-state index in [0.29, 0.717) is 0 Å². The van der Waals surface area contributed by atoms with Gasteiger partial charge in [-0.15, -0.1) is 11.3 Å². The SMILES string of the molecule is O=c1c2ccccc2sc2ccc(-c3cccc(-n4c5ccccc5c5ccccc54)c3)cc12. The zero-order valence-corrected chi connectivity index (χ0v) is 19.0. The number of fused-ring (bicyclic) bond motifs is 5. The first-order chi connectivity index (χ1) is 16.8. The van der Waals surface area contributed by atoms with Gasteiger partial charge in [-0.2, -0.15) is 0 Å². The number of hydrogen-bond acceptors (Lipinski definition) is 2. The second-order valence-electron chi connectivity index (χ2n) is 8.56. The third-order valence-corrected chi connectivity index (χ3v) is 7.75. The van der Waals surface area contributed by atoms with Crippen LogP contribution in [0.2, 0.25) is 0 Å². The molecule has 0 N–H and O–H groups in total. The second kappa shape index (κ2) is 7.41. The van der Waals surface area contributed by atoms with E-state index in [-0.39, 0.29) is 5.43 Å². The van der Waals surface area contributed by atoms with E-state index in [9.17, 15) is 4.79 Å². The Balaban J connectivity index is 1.45. The molecule has 0 bridgehead atoms. The zero-order chi connectivity index (χ0) is 22.6. The molecule has 0 spiro atoms. The maximum atomic E-state index is 13.2. The number of nitrogens with zero attached hydrogens (tertiary/aromatic N) is 1. The van der Waals surface area contributed by atoms with E-state index in [1.165, 1.54) is 21.8 Å². The van der Waals surface area contributed by atoms with E-state index in [4.69, 9.17) is 0 Å². The average Bonchev–Trinajstić information content (AvgIpc) is 3.23. The molecule has 2 nitrogen and oxygen atoms in total. The summed E-state index contributed by atoms with van der Waals surface area (Å²) < 4.78 is 4.37. The monoisotopic (exact) mass is 453 g/mol. The van der Waals surface area contributed by atoms with E-state index in [2.05, 4.69) is 89.5 Å². The van der Waals surface area contributed by atoms with Crippen molar-refractivity contribution in [2.24, 2.45) is 0 Å². The summed E-state index contributed by atoms with van der Waals surface area (Å²) >= 11 is 1.67. The number of hydrogen-bond donors (Lipinski definition) is 0. The highest BCUT2D eigenvalue weighted by Gasteiger charge is 2.13. The zero-order valence-electron chi connectivity index (χ0n) is 18.2. The molecule has 0 saturated heterocycles. The first kappa shape index (κ1) is 19.3. The predicted octanol–water partition coefficient (Wildman–Crippen LogP) is 8.18. The molecule has 2 aromatic heterocycles. The maximum absolute atomic E-state index is 13.2. The van der Waals surface area contributed by atoms with Gasteiger partial charge in [-0.1, -0.05) is 66.7 Å². The Morgan fingerprint density at radius 2 is 1.12 bits per heavy atom.